The van der Waals surface area contributed by atoms with Gasteiger partial charge in [0, 0.05) is 4.47 Å². The zero-order valence-electron chi connectivity index (χ0n) is 19.4. The molecule has 0 saturated carbocycles. The highest BCUT2D eigenvalue weighted by Crippen LogP contribution is 2.28. The van der Waals surface area contributed by atoms with E-state index in [0.29, 0.717) is 22.6 Å². The largest absolute Gasteiger partial charge is 0.489 e. The van der Waals surface area contributed by atoms with E-state index < -0.39 is 17.8 Å². The number of halogens is 1. The van der Waals surface area contributed by atoms with Gasteiger partial charge in [-0.1, -0.05) is 40.2 Å². The van der Waals surface area contributed by atoms with E-state index in [1.807, 2.05) is 19.1 Å². The van der Waals surface area contributed by atoms with Crippen LogP contribution in [0.5, 0.6) is 5.75 Å². The van der Waals surface area contributed by atoms with E-state index >= 15 is 0 Å². The molecule has 0 bridgehead atoms. The monoisotopic (exact) mass is 564 g/mol. The van der Waals surface area contributed by atoms with Crippen molar-refractivity contribution in [2.45, 2.75) is 13.5 Å². The fraction of sp³-hybridized carbons (Fsp3) is 0.111. The number of carbonyl (C=O) groups is 3. The Morgan fingerprint density at radius 2 is 1.83 bits per heavy atom. The lowest BCUT2D eigenvalue weighted by Crippen LogP contribution is -2.54. The van der Waals surface area contributed by atoms with Crippen LogP contribution in [-0.4, -0.2) is 30.0 Å². The summed E-state index contributed by atoms with van der Waals surface area (Å²) < 4.78 is 11.4. The highest BCUT2D eigenvalue weighted by molar-refractivity contribution is 9.10. The molecule has 7 nitrogen and oxygen atoms in total. The molecule has 1 saturated heterocycles. The van der Waals surface area contributed by atoms with Crippen molar-refractivity contribution in [2.24, 2.45) is 0 Å². The number of rotatable bonds is 6. The summed E-state index contributed by atoms with van der Waals surface area (Å²) in [6.07, 6.45) is 1.51. The molecule has 1 fully saturated rings. The minimum absolute atomic E-state index is 0.0304. The highest BCUT2D eigenvalue weighted by Gasteiger charge is 2.35. The number of thiocarbonyl (C=S) groups is 1. The third kappa shape index (κ3) is 5.53. The van der Waals surface area contributed by atoms with E-state index in [-0.39, 0.29) is 17.3 Å². The second-order valence-corrected chi connectivity index (χ2v) is 9.24. The minimum Gasteiger partial charge on any atom is -0.489 e. The molecular formula is C27H21BrN2O5S. The number of nitrogens with zero attached hydrogens (tertiary/aromatic N) is 1. The van der Waals surface area contributed by atoms with E-state index in [2.05, 4.69) is 21.2 Å². The zero-order valence-corrected chi connectivity index (χ0v) is 21.8. The smallest absolute Gasteiger partial charge is 0.337 e. The van der Waals surface area contributed by atoms with E-state index in [0.717, 1.165) is 15.6 Å². The van der Waals surface area contributed by atoms with Crippen molar-refractivity contribution >= 4 is 62.8 Å². The first kappa shape index (κ1) is 25.3. The number of ether oxygens (including phenoxy) is 2. The van der Waals surface area contributed by atoms with Crippen LogP contribution in [0, 0.1) is 6.92 Å². The van der Waals surface area contributed by atoms with Gasteiger partial charge < -0.3 is 9.47 Å². The average Bonchev–Trinajstić information content (AvgIpc) is 2.86. The van der Waals surface area contributed by atoms with Gasteiger partial charge in [-0.05, 0) is 84.4 Å². The number of carbonyl (C=O) groups excluding carboxylic acids is 3. The first-order chi connectivity index (χ1) is 17.3. The molecule has 1 heterocycles. The normalized spacial score (nSPS) is 14.6. The molecule has 1 N–H and O–H groups in total. The number of nitrogens with one attached hydrogen (secondary N) is 1. The standard InChI is InChI=1S/C27H21BrN2O5S/c1-16-12-20(28)10-11-23(16)30-25(32)22(24(31)29-27(30)36)14-18-4-3-5-21(13-18)35-15-17-6-8-19(9-7-17)26(33)34-2/h3-14H,15H2,1-2H3,(H,29,31,36). The maximum absolute atomic E-state index is 13.3. The molecule has 0 aromatic heterocycles. The van der Waals surface area contributed by atoms with E-state index in [1.54, 1.807) is 54.6 Å². The molecule has 4 rings (SSSR count). The number of hydrogen-bond donors (Lipinski definition) is 1. The third-order valence-electron chi connectivity index (χ3n) is 5.45. The van der Waals surface area contributed by atoms with Crippen LogP contribution in [0.2, 0.25) is 0 Å². The van der Waals surface area contributed by atoms with Gasteiger partial charge >= 0.3 is 5.97 Å². The van der Waals surface area contributed by atoms with Gasteiger partial charge in [0.15, 0.2) is 5.11 Å². The SMILES string of the molecule is COC(=O)c1ccc(COc2cccc(C=C3C(=O)NC(=S)N(c4ccc(Br)cc4C)C3=O)c2)cc1. The lowest BCUT2D eigenvalue weighted by atomic mass is 10.1. The van der Waals surface area contributed by atoms with E-state index in [4.69, 9.17) is 21.7 Å². The first-order valence-electron chi connectivity index (χ1n) is 10.8. The summed E-state index contributed by atoms with van der Waals surface area (Å²) in [6, 6.07) is 19.4. The Labute approximate surface area is 221 Å². The van der Waals surface area contributed by atoms with Gasteiger partial charge in [0.2, 0.25) is 0 Å². The summed E-state index contributed by atoms with van der Waals surface area (Å²) in [4.78, 5) is 38.9. The summed E-state index contributed by atoms with van der Waals surface area (Å²) in [7, 11) is 1.33. The maximum Gasteiger partial charge on any atom is 0.337 e. The molecule has 9 heteroatoms. The van der Waals surface area contributed by atoms with Gasteiger partial charge in [0.25, 0.3) is 11.8 Å². The summed E-state index contributed by atoms with van der Waals surface area (Å²) in [5, 5.41) is 2.63. The number of methoxy groups -OCH3 is 1. The third-order valence-corrected chi connectivity index (χ3v) is 6.23. The Hall–Kier alpha value is -3.82. The van der Waals surface area contributed by atoms with E-state index in [9.17, 15) is 14.4 Å². The van der Waals surface area contributed by atoms with Crippen LogP contribution in [0.4, 0.5) is 5.69 Å². The topological polar surface area (TPSA) is 84.9 Å². The van der Waals surface area contributed by atoms with Gasteiger partial charge in [0.05, 0.1) is 18.4 Å². The van der Waals surface area contributed by atoms with E-state index in [1.165, 1.54) is 18.1 Å². The van der Waals surface area contributed by atoms with Crippen LogP contribution >= 0.6 is 28.1 Å². The van der Waals surface area contributed by atoms with Crippen molar-refractivity contribution in [1.82, 2.24) is 5.32 Å². The fourth-order valence-electron chi connectivity index (χ4n) is 3.63. The molecule has 36 heavy (non-hydrogen) atoms. The van der Waals surface area contributed by atoms with Crippen LogP contribution in [-0.2, 0) is 20.9 Å². The predicted molar refractivity (Wildman–Crippen MR) is 144 cm³/mol. The highest BCUT2D eigenvalue weighted by atomic mass is 79.9. The predicted octanol–water partition coefficient (Wildman–Crippen LogP) is 4.95. The molecule has 1 aliphatic rings. The van der Waals surface area contributed by atoms with Gasteiger partial charge in [-0.25, -0.2) is 4.79 Å². The van der Waals surface area contributed by atoms with Gasteiger partial charge in [0.1, 0.15) is 17.9 Å². The molecule has 0 aliphatic carbocycles. The lowest BCUT2D eigenvalue weighted by Gasteiger charge is -2.30. The molecular weight excluding hydrogens is 544 g/mol. The van der Waals surface area contributed by atoms with Crippen molar-refractivity contribution in [2.75, 3.05) is 12.0 Å². The molecule has 0 radical (unpaired) electrons. The van der Waals surface area contributed by atoms with Crippen LogP contribution < -0.4 is 15.0 Å². The van der Waals surface area contributed by atoms with Crippen LogP contribution in [0.25, 0.3) is 6.08 Å². The van der Waals surface area contributed by atoms with Gasteiger partial charge in [-0.2, -0.15) is 0 Å². The minimum atomic E-state index is -0.562. The van der Waals surface area contributed by atoms with Crippen LogP contribution in [0.1, 0.15) is 27.0 Å². The van der Waals surface area contributed by atoms with Crippen LogP contribution in [0.15, 0.2) is 76.8 Å². The van der Waals surface area contributed by atoms with Crippen molar-refractivity contribution in [3.05, 3.63) is 99.0 Å². The Balaban J connectivity index is 1.53. The molecule has 3 aromatic carbocycles. The molecule has 0 atom stereocenters. The van der Waals surface area contributed by atoms with Crippen molar-refractivity contribution < 1.29 is 23.9 Å². The van der Waals surface area contributed by atoms with Gasteiger partial charge in [-0.15, -0.1) is 0 Å². The zero-order chi connectivity index (χ0) is 25.8. The second kappa shape index (κ2) is 10.8. The molecule has 1 aliphatic heterocycles. The maximum atomic E-state index is 13.3. The van der Waals surface area contributed by atoms with Crippen LogP contribution in [0.3, 0.4) is 0 Å². The molecule has 0 unspecified atom stereocenters. The average molecular weight is 565 g/mol. The van der Waals surface area contributed by atoms with Crippen molar-refractivity contribution in [1.29, 1.82) is 0 Å². The Morgan fingerprint density at radius 1 is 1.08 bits per heavy atom. The molecule has 0 spiro atoms. The summed E-state index contributed by atoms with van der Waals surface area (Å²) >= 11 is 8.71. The second-order valence-electron chi connectivity index (χ2n) is 7.94. The molecule has 2 amide bonds. The van der Waals surface area contributed by atoms with Gasteiger partial charge in [-0.3, -0.25) is 19.8 Å². The fourth-order valence-corrected chi connectivity index (χ4v) is 4.38. The molecule has 182 valence electrons. The van der Waals surface area contributed by atoms with Crippen molar-refractivity contribution in [3.8, 4) is 5.75 Å². The summed E-state index contributed by atoms with van der Waals surface area (Å²) in [5.41, 5.74) is 3.31. The number of esters is 1. The molecule has 3 aromatic rings. The number of amides is 2. The lowest BCUT2D eigenvalue weighted by molar-refractivity contribution is -0.122. The number of benzene rings is 3. The summed E-state index contributed by atoms with van der Waals surface area (Å²) in [5.74, 6) is -0.917. The number of aryl methyl sites for hydroxylation is 1. The quantitative estimate of drug-likeness (QED) is 0.197. The Morgan fingerprint density at radius 3 is 2.53 bits per heavy atom. The first-order valence-corrected chi connectivity index (χ1v) is 12.0. The number of anilines is 1. The van der Waals surface area contributed by atoms with Crippen molar-refractivity contribution in [3.63, 3.8) is 0 Å². The number of hydrogen-bond acceptors (Lipinski definition) is 6. The Kier molecular flexibility index (Phi) is 7.61. The summed E-state index contributed by atoms with van der Waals surface area (Å²) in [6.45, 7) is 2.13. The Bertz CT molecular complexity index is 1400.